The molecule has 1 N–H and O–H groups in total. The van der Waals surface area contributed by atoms with E-state index in [1.54, 1.807) is 22.3 Å². The maximum Gasteiger partial charge on any atom is 0.333 e. The van der Waals surface area contributed by atoms with Gasteiger partial charge in [0.15, 0.2) is 0 Å². The lowest BCUT2D eigenvalue weighted by atomic mass is 9.83. The number of carbonyl (C=O) groups is 1. The zero-order valence-corrected chi connectivity index (χ0v) is 20.3. The number of hydrogen-bond donors (Lipinski definition) is 2. The fraction of sp³-hybridized carbons (Fsp3) is 0.440. The Balaban J connectivity index is 0.000000858. The molecule has 0 bridgehead atoms. The molecule has 2 aromatic rings. The lowest BCUT2D eigenvalue weighted by molar-refractivity contribution is -0.133. The molecule has 1 aromatic carbocycles. The molecule has 1 saturated carbocycles. The Kier molecular flexibility index (Phi) is 8.64. The molecule has 166 valence electrons. The van der Waals surface area contributed by atoms with E-state index in [-0.39, 0.29) is 5.92 Å². The third kappa shape index (κ3) is 5.73. The standard InChI is InChI=1S/C22H24N2O2S2.C3H8/c1-24(27)13-18-16(9-5-11-23-18)14-6-4-7-15(12-14)21-20(22(25)26)17-8-2-3-10-19(17)28-21;1-3-2/h4-7,9,11-12,17,19,27H,2-3,8,10,13H2,1H3,(H,25,26);3H2,1-2H3. The number of aliphatic carboxylic acids is 1. The van der Waals surface area contributed by atoms with Crippen LogP contribution in [0.1, 0.15) is 57.2 Å². The summed E-state index contributed by atoms with van der Waals surface area (Å²) in [5.41, 5.74) is 4.70. The van der Waals surface area contributed by atoms with Gasteiger partial charge >= 0.3 is 5.97 Å². The highest BCUT2D eigenvalue weighted by Gasteiger charge is 2.40. The smallest absolute Gasteiger partial charge is 0.333 e. The van der Waals surface area contributed by atoms with E-state index in [1.807, 2.05) is 25.2 Å². The summed E-state index contributed by atoms with van der Waals surface area (Å²) in [6.45, 7) is 4.88. The van der Waals surface area contributed by atoms with Crippen LogP contribution in [0.15, 0.2) is 48.2 Å². The van der Waals surface area contributed by atoms with Crippen LogP contribution in [0.4, 0.5) is 0 Å². The van der Waals surface area contributed by atoms with Gasteiger partial charge in [-0.1, -0.05) is 70.2 Å². The number of benzene rings is 1. The molecule has 0 spiro atoms. The van der Waals surface area contributed by atoms with Crippen molar-refractivity contribution < 1.29 is 9.90 Å². The van der Waals surface area contributed by atoms with Gasteiger partial charge in [0.1, 0.15) is 0 Å². The lowest BCUT2D eigenvalue weighted by Crippen LogP contribution is -2.22. The maximum atomic E-state index is 12.1. The first kappa shape index (κ1) is 23.9. The minimum Gasteiger partial charge on any atom is -0.478 e. The van der Waals surface area contributed by atoms with E-state index < -0.39 is 5.97 Å². The highest BCUT2D eigenvalue weighted by molar-refractivity contribution is 8.09. The van der Waals surface area contributed by atoms with Gasteiger partial charge in [0.05, 0.1) is 17.8 Å². The van der Waals surface area contributed by atoms with E-state index in [0.717, 1.165) is 46.6 Å². The Morgan fingerprint density at radius 2 is 1.90 bits per heavy atom. The summed E-state index contributed by atoms with van der Waals surface area (Å²) in [6, 6.07) is 12.2. The number of fused-ring (bicyclic) bond motifs is 1. The average molecular weight is 457 g/mol. The van der Waals surface area contributed by atoms with Crippen molar-refractivity contribution in [2.75, 3.05) is 7.05 Å². The van der Waals surface area contributed by atoms with Gasteiger partial charge in [0.2, 0.25) is 0 Å². The summed E-state index contributed by atoms with van der Waals surface area (Å²) in [4.78, 5) is 17.5. The minimum atomic E-state index is -0.763. The van der Waals surface area contributed by atoms with Gasteiger partial charge in [0.25, 0.3) is 0 Å². The summed E-state index contributed by atoms with van der Waals surface area (Å²) in [5, 5.41) is 10.3. The Morgan fingerprint density at radius 1 is 1.19 bits per heavy atom. The van der Waals surface area contributed by atoms with Gasteiger partial charge in [0, 0.05) is 27.8 Å². The molecule has 6 heteroatoms. The number of nitrogens with zero attached hydrogens (tertiary/aromatic N) is 2. The van der Waals surface area contributed by atoms with E-state index in [2.05, 4.69) is 49.8 Å². The van der Waals surface area contributed by atoms with Crippen molar-refractivity contribution in [1.29, 1.82) is 0 Å². The quantitative estimate of drug-likeness (QED) is 0.500. The lowest BCUT2D eigenvalue weighted by Gasteiger charge is -2.25. The fourth-order valence-electron chi connectivity index (χ4n) is 4.30. The van der Waals surface area contributed by atoms with Crippen LogP contribution in [0.25, 0.3) is 16.0 Å². The molecule has 4 rings (SSSR count). The summed E-state index contributed by atoms with van der Waals surface area (Å²) < 4.78 is 1.80. The SMILES string of the molecule is CCC.CN(S)Cc1ncccc1-c1cccc(C2=C(C(=O)O)C3CCCCC3S2)c1. The fourth-order valence-corrected chi connectivity index (χ4v) is 6.09. The summed E-state index contributed by atoms with van der Waals surface area (Å²) in [5.74, 6) is -0.581. The van der Waals surface area contributed by atoms with Crippen molar-refractivity contribution in [1.82, 2.24) is 9.29 Å². The molecule has 0 saturated heterocycles. The molecular weight excluding hydrogens is 424 g/mol. The van der Waals surface area contributed by atoms with Crippen LogP contribution in [0, 0.1) is 5.92 Å². The zero-order valence-electron chi connectivity index (χ0n) is 18.5. The van der Waals surface area contributed by atoms with Gasteiger partial charge in [-0.25, -0.2) is 4.79 Å². The van der Waals surface area contributed by atoms with Crippen molar-refractivity contribution in [3.05, 3.63) is 59.4 Å². The van der Waals surface area contributed by atoms with E-state index in [4.69, 9.17) is 0 Å². The van der Waals surface area contributed by atoms with E-state index in [9.17, 15) is 9.90 Å². The zero-order chi connectivity index (χ0) is 22.4. The predicted molar refractivity (Wildman–Crippen MR) is 134 cm³/mol. The van der Waals surface area contributed by atoms with Gasteiger partial charge in [-0.2, -0.15) is 0 Å². The topological polar surface area (TPSA) is 53.4 Å². The molecule has 1 fully saturated rings. The van der Waals surface area contributed by atoms with Crippen LogP contribution in [0.5, 0.6) is 0 Å². The van der Waals surface area contributed by atoms with Crippen LogP contribution >= 0.6 is 24.6 Å². The summed E-state index contributed by atoms with van der Waals surface area (Å²) in [6.07, 6.45) is 7.47. The first-order valence-electron chi connectivity index (χ1n) is 11.0. The molecule has 1 aliphatic heterocycles. The number of aromatic nitrogens is 1. The third-order valence-corrected chi connectivity index (χ3v) is 7.22. The van der Waals surface area contributed by atoms with Gasteiger partial charge in [-0.15, -0.1) is 11.8 Å². The van der Waals surface area contributed by atoms with Crippen LogP contribution in [0.2, 0.25) is 0 Å². The number of hydrogen-bond acceptors (Lipinski definition) is 5. The van der Waals surface area contributed by atoms with Crippen molar-refractivity contribution in [2.45, 2.75) is 57.7 Å². The Labute approximate surface area is 195 Å². The molecule has 2 unspecified atom stereocenters. The summed E-state index contributed by atoms with van der Waals surface area (Å²) in [7, 11) is 1.90. The number of rotatable bonds is 5. The first-order valence-corrected chi connectivity index (χ1v) is 12.3. The second kappa shape index (κ2) is 11.2. The Bertz CT molecular complexity index is 943. The highest BCUT2D eigenvalue weighted by Crippen LogP contribution is 2.53. The molecule has 0 amide bonds. The van der Waals surface area contributed by atoms with Crippen molar-refractivity contribution in [2.24, 2.45) is 5.92 Å². The van der Waals surface area contributed by atoms with Gasteiger partial charge in [-0.3, -0.25) is 9.29 Å². The second-order valence-electron chi connectivity index (χ2n) is 8.20. The van der Waals surface area contributed by atoms with Crippen LogP contribution < -0.4 is 0 Å². The maximum absolute atomic E-state index is 12.1. The number of thiol groups is 1. The average Bonchev–Trinajstić information content (AvgIpc) is 3.14. The van der Waals surface area contributed by atoms with Crippen LogP contribution in [-0.2, 0) is 11.3 Å². The highest BCUT2D eigenvalue weighted by atomic mass is 32.2. The number of pyridine rings is 1. The Hall–Kier alpha value is -1.76. The predicted octanol–water partition coefficient (Wildman–Crippen LogP) is 6.54. The number of carboxylic acid groups (broad SMARTS) is 1. The van der Waals surface area contributed by atoms with Crippen LogP contribution in [-0.4, -0.2) is 32.7 Å². The summed E-state index contributed by atoms with van der Waals surface area (Å²) >= 11 is 6.12. The molecule has 31 heavy (non-hydrogen) atoms. The second-order valence-corrected chi connectivity index (χ2v) is 10.1. The normalized spacial score (nSPS) is 20.3. The monoisotopic (exact) mass is 456 g/mol. The van der Waals surface area contributed by atoms with Gasteiger partial charge < -0.3 is 5.11 Å². The molecule has 1 aromatic heterocycles. The van der Waals surface area contributed by atoms with E-state index >= 15 is 0 Å². The van der Waals surface area contributed by atoms with E-state index in [0.29, 0.717) is 17.4 Å². The van der Waals surface area contributed by atoms with Crippen LogP contribution in [0.3, 0.4) is 0 Å². The van der Waals surface area contributed by atoms with E-state index in [1.165, 1.54) is 12.8 Å². The third-order valence-electron chi connectivity index (χ3n) is 5.52. The van der Waals surface area contributed by atoms with Crippen molar-refractivity contribution in [3.8, 4) is 11.1 Å². The molecule has 4 nitrogen and oxygen atoms in total. The molecule has 0 radical (unpaired) electrons. The number of thioether (sulfide) groups is 1. The molecule has 1 aliphatic carbocycles. The van der Waals surface area contributed by atoms with Crippen molar-refractivity contribution >= 4 is 35.5 Å². The first-order chi connectivity index (χ1) is 15.0. The van der Waals surface area contributed by atoms with Gasteiger partial charge in [-0.05, 0) is 43.1 Å². The molecular formula is C25H32N2O2S2. The largest absolute Gasteiger partial charge is 0.478 e. The Morgan fingerprint density at radius 3 is 2.61 bits per heavy atom. The molecule has 2 aliphatic rings. The minimum absolute atomic E-state index is 0.182. The molecule has 2 heterocycles. The molecule has 2 atom stereocenters. The van der Waals surface area contributed by atoms with Crippen molar-refractivity contribution in [3.63, 3.8) is 0 Å². The number of carboxylic acids is 1.